The molecule has 0 saturated carbocycles. The van der Waals surface area contributed by atoms with Gasteiger partial charge in [0.1, 0.15) is 6.10 Å². The summed E-state index contributed by atoms with van der Waals surface area (Å²) in [5.74, 6) is -3.70. The summed E-state index contributed by atoms with van der Waals surface area (Å²) < 4.78 is 10.3. The highest BCUT2D eigenvalue weighted by Crippen LogP contribution is 2.33. The van der Waals surface area contributed by atoms with E-state index in [1.807, 2.05) is 0 Å². The van der Waals surface area contributed by atoms with Crippen molar-refractivity contribution in [1.29, 1.82) is 0 Å². The number of ether oxygens (including phenoxy) is 2. The fourth-order valence-corrected chi connectivity index (χ4v) is 2.15. The summed E-state index contributed by atoms with van der Waals surface area (Å²) in [5, 5.41) is 18.8. The molecule has 7 heteroatoms. The van der Waals surface area contributed by atoms with E-state index in [1.54, 1.807) is 0 Å². The van der Waals surface area contributed by atoms with Crippen LogP contribution in [0.3, 0.4) is 0 Å². The summed E-state index contributed by atoms with van der Waals surface area (Å²) in [6.07, 6.45) is 4.04. The standard InChI is InChI=1S/C12H13BrO6/c1-7(14)19-12(17)6-9(13)8(3-4-11(15)16)5-10(12)18-2/h3-6,10,17H,1-2H3,(H,15,16)/b4-3+. The number of hydrogen-bond acceptors (Lipinski definition) is 5. The number of carboxylic acids is 1. The molecule has 0 fully saturated rings. The van der Waals surface area contributed by atoms with Gasteiger partial charge >= 0.3 is 11.9 Å². The lowest BCUT2D eigenvalue weighted by Crippen LogP contribution is -2.46. The maximum Gasteiger partial charge on any atom is 0.328 e. The molecule has 104 valence electrons. The van der Waals surface area contributed by atoms with Crippen LogP contribution in [0.1, 0.15) is 6.92 Å². The fourth-order valence-electron chi connectivity index (χ4n) is 1.56. The van der Waals surface area contributed by atoms with Crippen molar-refractivity contribution in [2.24, 2.45) is 0 Å². The van der Waals surface area contributed by atoms with Crippen LogP contribution in [0.2, 0.25) is 0 Å². The molecule has 0 aromatic carbocycles. The number of carbonyl (C=O) groups is 2. The first-order chi connectivity index (χ1) is 8.78. The average molecular weight is 333 g/mol. The SMILES string of the molecule is COC1C=C(/C=C/C(=O)O)C(Br)=CC1(O)OC(C)=O. The van der Waals surface area contributed by atoms with E-state index < -0.39 is 23.8 Å². The molecule has 2 N–H and O–H groups in total. The van der Waals surface area contributed by atoms with Crippen LogP contribution in [0.4, 0.5) is 0 Å². The average Bonchev–Trinajstić information content (AvgIpc) is 2.26. The Hall–Kier alpha value is -1.44. The van der Waals surface area contributed by atoms with Crippen LogP contribution < -0.4 is 0 Å². The monoisotopic (exact) mass is 332 g/mol. The molecular formula is C12H13BrO6. The number of carboxylic acid groups (broad SMARTS) is 1. The molecule has 0 aliphatic heterocycles. The molecule has 1 rings (SSSR count). The zero-order chi connectivity index (χ0) is 14.6. The van der Waals surface area contributed by atoms with Crippen molar-refractivity contribution < 1.29 is 29.3 Å². The number of hydrogen-bond donors (Lipinski definition) is 2. The minimum absolute atomic E-state index is 0.391. The van der Waals surface area contributed by atoms with E-state index in [0.717, 1.165) is 13.0 Å². The van der Waals surface area contributed by atoms with E-state index in [9.17, 15) is 14.7 Å². The zero-order valence-corrected chi connectivity index (χ0v) is 11.9. The summed E-state index contributed by atoms with van der Waals surface area (Å²) in [7, 11) is 1.33. The lowest BCUT2D eigenvalue weighted by molar-refractivity contribution is -0.217. The van der Waals surface area contributed by atoms with E-state index in [1.165, 1.54) is 25.3 Å². The van der Waals surface area contributed by atoms with Crippen LogP contribution in [-0.2, 0) is 19.1 Å². The van der Waals surface area contributed by atoms with Gasteiger partial charge in [0.15, 0.2) is 0 Å². The number of methoxy groups -OCH3 is 1. The Labute approximate surface area is 118 Å². The molecule has 0 bridgehead atoms. The molecule has 0 heterocycles. The van der Waals surface area contributed by atoms with Crippen molar-refractivity contribution in [1.82, 2.24) is 0 Å². The second kappa shape index (κ2) is 6.14. The highest BCUT2D eigenvalue weighted by molar-refractivity contribution is 9.12. The van der Waals surface area contributed by atoms with Gasteiger partial charge in [0.25, 0.3) is 5.79 Å². The maximum absolute atomic E-state index is 11.0. The van der Waals surface area contributed by atoms with E-state index in [-0.39, 0.29) is 0 Å². The Morgan fingerprint density at radius 3 is 2.63 bits per heavy atom. The first-order valence-electron chi connectivity index (χ1n) is 5.25. The summed E-state index contributed by atoms with van der Waals surface area (Å²) in [5.41, 5.74) is 0.492. The Kier molecular flexibility index (Phi) is 5.04. The quantitative estimate of drug-likeness (QED) is 0.455. The van der Waals surface area contributed by atoms with Gasteiger partial charge in [-0.1, -0.05) is 15.9 Å². The van der Waals surface area contributed by atoms with Gasteiger partial charge in [-0.25, -0.2) is 4.79 Å². The molecule has 1 aliphatic rings. The van der Waals surface area contributed by atoms with Crippen molar-refractivity contribution >= 4 is 27.9 Å². The van der Waals surface area contributed by atoms with Crippen molar-refractivity contribution in [3.05, 3.63) is 34.4 Å². The predicted octanol–water partition coefficient (Wildman–Crippen LogP) is 1.11. The topological polar surface area (TPSA) is 93.1 Å². The van der Waals surface area contributed by atoms with Gasteiger partial charge < -0.3 is 19.7 Å². The lowest BCUT2D eigenvalue weighted by atomic mass is 9.98. The lowest BCUT2D eigenvalue weighted by Gasteiger charge is -2.33. The number of rotatable bonds is 4. The maximum atomic E-state index is 11.0. The number of halogens is 1. The third-order valence-corrected chi connectivity index (χ3v) is 3.00. The van der Waals surface area contributed by atoms with E-state index in [2.05, 4.69) is 15.9 Å². The summed E-state index contributed by atoms with van der Waals surface area (Å²) in [4.78, 5) is 21.5. The Balaban J connectivity index is 3.08. The third kappa shape index (κ3) is 4.02. The van der Waals surface area contributed by atoms with Crippen LogP contribution in [0.25, 0.3) is 0 Å². The van der Waals surface area contributed by atoms with Crippen molar-refractivity contribution in [3.63, 3.8) is 0 Å². The highest BCUT2D eigenvalue weighted by Gasteiger charge is 2.40. The van der Waals surface area contributed by atoms with Crippen LogP contribution in [0, 0.1) is 0 Å². The summed E-state index contributed by atoms with van der Waals surface area (Å²) >= 11 is 3.17. The largest absolute Gasteiger partial charge is 0.478 e. The number of esters is 1. The highest BCUT2D eigenvalue weighted by atomic mass is 79.9. The molecule has 0 spiro atoms. The summed E-state index contributed by atoms with van der Waals surface area (Å²) in [6, 6.07) is 0. The first kappa shape index (κ1) is 15.6. The van der Waals surface area contributed by atoms with E-state index in [4.69, 9.17) is 14.6 Å². The van der Waals surface area contributed by atoms with Gasteiger partial charge in [-0.15, -0.1) is 0 Å². The van der Waals surface area contributed by atoms with Crippen LogP contribution in [-0.4, -0.2) is 41.2 Å². The third-order valence-electron chi connectivity index (χ3n) is 2.31. The van der Waals surface area contributed by atoms with Crippen molar-refractivity contribution in [2.75, 3.05) is 7.11 Å². The summed E-state index contributed by atoms with van der Waals surface area (Å²) in [6.45, 7) is 1.16. The van der Waals surface area contributed by atoms with Gasteiger partial charge in [0.2, 0.25) is 0 Å². The smallest absolute Gasteiger partial charge is 0.328 e. The Bertz CT molecular complexity index is 479. The molecular weight excluding hydrogens is 320 g/mol. The fraction of sp³-hybridized carbons (Fsp3) is 0.333. The molecule has 0 saturated heterocycles. The van der Waals surface area contributed by atoms with Gasteiger partial charge in [0.05, 0.1) is 0 Å². The van der Waals surface area contributed by atoms with Gasteiger partial charge in [-0.05, 0) is 17.7 Å². The van der Waals surface area contributed by atoms with Gasteiger partial charge in [-0.3, -0.25) is 4.79 Å². The predicted molar refractivity (Wildman–Crippen MR) is 69.4 cm³/mol. The van der Waals surface area contributed by atoms with Crippen LogP contribution >= 0.6 is 15.9 Å². The molecule has 1 aliphatic carbocycles. The molecule has 2 atom stereocenters. The molecule has 0 aromatic rings. The minimum atomic E-state index is -1.93. The minimum Gasteiger partial charge on any atom is -0.478 e. The number of aliphatic carboxylic acids is 1. The number of aliphatic hydroxyl groups is 1. The molecule has 0 radical (unpaired) electrons. The zero-order valence-electron chi connectivity index (χ0n) is 10.3. The Morgan fingerprint density at radius 1 is 1.53 bits per heavy atom. The second-order valence-electron chi connectivity index (χ2n) is 3.79. The molecule has 0 amide bonds. The molecule has 0 aromatic heterocycles. The second-order valence-corrected chi connectivity index (χ2v) is 4.64. The Morgan fingerprint density at radius 2 is 2.16 bits per heavy atom. The normalized spacial score (nSPS) is 26.8. The number of allylic oxidation sites excluding steroid dienone is 3. The van der Waals surface area contributed by atoms with Gasteiger partial charge in [-0.2, -0.15) is 0 Å². The molecule has 19 heavy (non-hydrogen) atoms. The van der Waals surface area contributed by atoms with Crippen molar-refractivity contribution in [3.8, 4) is 0 Å². The van der Waals surface area contributed by atoms with Gasteiger partial charge in [0, 0.05) is 30.7 Å². The molecule has 6 nitrogen and oxygen atoms in total. The van der Waals surface area contributed by atoms with Crippen molar-refractivity contribution in [2.45, 2.75) is 18.8 Å². The molecule has 2 unspecified atom stereocenters. The van der Waals surface area contributed by atoms with Crippen LogP contribution in [0.5, 0.6) is 0 Å². The first-order valence-corrected chi connectivity index (χ1v) is 6.04. The number of carbonyl (C=O) groups excluding carboxylic acids is 1. The van der Waals surface area contributed by atoms with Crippen LogP contribution in [0.15, 0.2) is 34.4 Å². The van der Waals surface area contributed by atoms with E-state index >= 15 is 0 Å². The van der Waals surface area contributed by atoms with E-state index in [0.29, 0.717) is 10.1 Å².